The van der Waals surface area contributed by atoms with E-state index in [1.807, 2.05) is 24.3 Å². The quantitative estimate of drug-likeness (QED) is 0.0437. The molecule has 298 valence electrons. The van der Waals surface area contributed by atoms with Crippen LogP contribution >= 0.6 is 0 Å². The molecule has 0 spiro atoms. The number of carbonyl (C=O) groups excluding carboxylic acids is 1. The van der Waals surface area contributed by atoms with E-state index in [0.717, 1.165) is 59.7 Å². The first kappa shape index (κ1) is 49.2. The number of ether oxygens (including phenoxy) is 2. The lowest BCUT2D eigenvalue weighted by Gasteiger charge is -2.16. The number of esters is 1. The topological polar surface area (TPSA) is 35.5 Å². The summed E-state index contributed by atoms with van der Waals surface area (Å²) in [5.74, 6) is 6.04. The van der Waals surface area contributed by atoms with E-state index >= 15 is 0 Å². The Morgan fingerprint density at radius 1 is 0.529 bits per heavy atom. The molecule has 0 saturated carbocycles. The van der Waals surface area contributed by atoms with Crippen LogP contribution < -0.4 is 4.74 Å². The molecule has 51 heavy (non-hydrogen) atoms. The van der Waals surface area contributed by atoms with Crippen LogP contribution in [0.3, 0.4) is 0 Å². The molecule has 1 aromatic rings. The number of methoxy groups -OCH3 is 1. The highest BCUT2D eigenvalue weighted by Gasteiger charge is 2.09. The largest absolute Gasteiger partial charge is 0.497 e. The zero-order valence-electron chi connectivity index (χ0n) is 35.9. The van der Waals surface area contributed by atoms with Gasteiger partial charge in [-0.25, -0.2) is 4.79 Å². The van der Waals surface area contributed by atoms with Gasteiger partial charge in [-0.1, -0.05) is 209 Å². The van der Waals surface area contributed by atoms with E-state index in [0.29, 0.717) is 6.61 Å². The molecule has 1 aromatic carbocycles. The van der Waals surface area contributed by atoms with Crippen LogP contribution in [0.25, 0.3) is 6.08 Å². The third kappa shape index (κ3) is 33.8. The SMILES string of the molecule is CC(C)CCCC(C)CCCC(C)CCCCC(C)CCCC(C)CCCC(C)C.CCCCCCCCOC(=O)C=Cc1ccc(OC)cc1. The molecule has 0 bridgehead atoms. The highest BCUT2D eigenvalue weighted by Crippen LogP contribution is 2.24. The molecule has 0 aliphatic carbocycles. The van der Waals surface area contributed by atoms with Gasteiger partial charge in [0.25, 0.3) is 0 Å². The summed E-state index contributed by atoms with van der Waals surface area (Å²) in [6.45, 7) is 22.0. The fraction of sp³-hybridized carbons (Fsp3) is 0.812. The van der Waals surface area contributed by atoms with Gasteiger partial charge in [0.05, 0.1) is 13.7 Å². The lowest BCUT2D eigenvalue weighted by atomic mass is 9.90. The van der Waals surface area contributed by atoms with Crippen LogP contribution in [-0.2, 0) is 9.53 Å². The van der Waals surface area contributed by atoms with Crippen molar-refractivity contribution in [1.29, 1.82) is 0 Å². The van der Waals surface area contributed by atoms with Crippen molar-refractivity contribution in [2.24, 2.45) is 35.5 Å². The molecular formula is C48H88O3. The Hall–Kier alpha value is -1.77. The van der Waals surface area contributed by atoms with Crippen molar-refractivity contribution in [2.75, 3.05) is 13.7 Å². The van der Waals surface area contributed by atoms with Gasteiger partial charge in [0.2, 0.25) is 0 Å². The van der Waals surface area contributed by atoms with Gasteiger partial charge in [0, 0.05) is 6.08 Å². The summed E-state index contributed by atoms with van der Waals surface area (Å²) in [6.07, 6.45) is 33.5. The average molecular weight is 713 g/mol. The number of hydrogen-bond donors (Lipinski definition) is 0. The maximum absolute atomic E-state index is 11.5. The lowest BCUT2D eigenvalue weighted by Crippen LogP contribution is -2.02. The summed E-state index contributed by atoms with van der Waals surface area (Å²) in [6, 6.07) is 7.52. The highest BCUT2D eigenvalue weighted by atomic mass is 16.5. The van der Waals surface area contributed by atoms with Gasteiger partial charge in [-0.3, -0.25) is 0 Å². The number of hydrogen-bond acceptors (Lipinski definition) is 3. The van der Waals surface area contributed by atoms with Gasteiger partial charge in [-0.2, -0.15) is 0 Å². The van der Waals surface area contributed by atoms with E-state index in [1.54, 1.807) is 13.2 Å². The zero-order valence-corrected chi connectivity index (χ0v) is 35.9. The van der Waals surface area contributed by atoms with Crippen molar-refractivity contribution in [3.63, 3.8) is 0 Å². The van der Waals surface area contributed by atoms with Crippen molar-refractivity contribution in [1.82, 2.24) is 0 Å². The summed E-state index contributed by atoms with van der Waals surface area (Å²) in [7, 11) is 1.63. The van der Waals surface area contributed by atoms with Crippen LogP contribution in [0.4, 0.5) is 0 Å². The zero-order chi connectivity index (χ0) is 38.1. The van der Waals surface area contributed by atoms with Crippen molar-refractivity contribution < 1.29 is 14.3 Å². The van der Waals surface area contributed by atoms with Gasteiger partial charge in [0.15, 0.2) is 0 Å². The van der Waals surface area contributed by atoms with Crippen LogP contribution in [0.5, 0.6) is 5.75 Å². The Balaban J connectivity index is 0.00000104. The van der Waals surface area contributed by atoms with Crippen LogP contribution in [-0.4, -0.2) is 19.7 Å². The van der Waals surface area contributed by atoms with E-state index in [2.05, 4.69) is 62.3 Å². The number of unbranched alkanes of at least 4 members (excludes halogenated alkanes) is 6. The van der Waals surface area contributed by atoms with E-state index in [9.17, 15) is 4.79 Å². The summed E-state index contributed by atoms with van der Waals surface area (Å²) in [5, 5.41) is 0. The minimum Gasteiger partial charge on any atom is -0.497 e. The molecule has 0 fully saturated rings. The number of benzene rings is 1. The summed E-state index contributed by atoms with van der Waals surface area (Å²) >= 11 is 0. The Morgan fingerprint density at radius 3 is 1.33 bits per heavy atom. The fourth-order valence-electron chi connectivity index (χ4n) is 6.92. The van der Waals surface area contributed by atoms with Crippen molar-refractivity contribution in [3.05, 3.63) is 35.9 Å². The monoisotopic (exact) mass is 713 g/mol. The van der Waals surface area contributed by atoms with Gasteiger partial charge in [-0.05, 0) is 65.7 Å². The van der Waals surface area contributed by atoms with E-state index in [-0.39, 0.29) is 5.97 Å². The Morgan fingerprint density at radius 2 is 0.922 bits per heavy atom. The predicted octanol–water partition coefficient (Wildman–Crippen LogP) is 15.7. The summed E-state index contributed by atoms with van der Waals surface area (Å²) < 4.78 is 10.2. The van der Waals surface area contributed by atoms with Gasteiger partial charge < -0.3 is 9.47 Å². The van der Waals surface area contributed by atoms with Crippen LogP contribution in [0.15, 0.2) is 30.3 Å². The number of carbonyl (C=O) groups is 1. The standard InChI is InChI=1S/C30H62.C18H26O3/c1-25(2)15-11-19-29(7)23-13-21-27(5)17-9-10-18-28(6)22-14-24-30(8)20-12-16-26(3)4;1-3-4-5-6-7-8-15-21-18(19)14-11-16-9-12-17(20-2)13-10-16/h25-30H,9-24H2,1-8H3;9-14H,3-8,15H2,1-2H3. The van der Waals surface area contributed by atoms with Crippen LogP contribution in [0.1, 0.15) is 209 Å². The molecule has 0 aliphatic heterocycles. The van der Waals surface area contributed by atoms with E-state index in [4.69, 9.17) is 9.47 Å². The molecule has 3 nitrogen and oxygen atoms in total. The molecule has 0 radical (unpaired) electrons. The molecule has 0 heterocycles. The molecule has 0 aliphatic rings. The second kappa shape index (κ2) is 34.0. The summed E-state index contributed by atoms with van der Waals surface area (Å²) in [5.41, 5.74) is 0.951. The molecule has 0 N–H and O–H groups in total. The average Bonchev–Trinajstić information content (AvgIpc) is 3.09. The molecule has 0 amide bonds. The Kier molecular flexibility index (Phi) is 32.8. The smallest absolute Gasteiger partial charge is 0.330 e. The minimum absolute atomic E-state index is 0.278. The van der Waals surface area contributed by atoms with E-state index < -0.39 is 0 Å². The maximum atomic E-state index is 11.5. The third-order valence-corrected chi connectivity index (χ3v) is 10.7. The lowest BCUT2D eigenvalue weighted by molar-refractivity contribution is -0.137. The third-order valence-electron chi connectivity index (χ3n) is 10.7. The molecule has 4 unspecified atom stereocenters. The van der Waals surface area contributed by atoms with Gasteiger partial charge >= 0.3 is 5.97 Å². The first-order valence-corrected chi connectivity index (χ1v) is 21.9. The maximum Gasteiger partial charge on any atom is 0.330 e. The normalized spacial score (nSPS) is 14.0. The second-order valence-electron chi connectivity index (χ2n) is 17.3. The first-order valence-electron chi connectivity index (χ1n) is 21.9. The van der Waals surface area contributed by atoms with E-state index in [1.165, 1.54) is 134 Å². The number of rotatable bonds is 31. The Labute approximate surface area is 319 Å². The molecule has 1 rings (SSSR count). The molecular weight excluding hydrogens is 625 g/mol. The van der Waals surface area contributed by atoms with Gasteiger partial charge in [0.1, 0.15) is 5.75 Å². The highest BCUT2D eigenvalue weighted by molar-refractivity contribution is 5.87. The molecule has 3 heteroatoms. The van der Waals surface area contributed by atoms with Crippen molar-refractivity contribution in [2.45, 2.75) is 204 Å². The molecule has 0 saturated heterocycles. The first-order chi connectivity index (χ1) is 24.5. The second-order valence-corrected chi connectivity index (χ2v) is 17.3. The van der Waals surface area contributed by atoms with Crippen molar-refractivity contribution >= 4 is 12.0 Å². The predicted molar refractivity (Wildman–Crippen MR) is 227 cm³/mol. The van der Waals surface area contributed by atoms with Crippen LogP contribution in [0.2, 0.25) is 0 Å². The summed E-state index contributed by atoms with van der Waals surface area (Å²) in [4.78, 5) is 11.5. The minimum atomic E-state index is -0.278. The van der Waals surface area contributed by atoms with Gasteiger partial charge in [-0.15, -0.1) is 0 Å². The Bertz CT molecular complexity index is 883. The molecule has 4 atom stereocenters. The van der Waals surface area contributed by atoms with Crippen LogP contribution in [0, 0.1) is 35.5 Å². The van der Waals surface area contributed by atoms with Crippen molar-refractivity contribution in [3.8, 4) is 5.75 Å². The fourth-order valence-corrected chi connectivity index (χ4v) is 6.92. The molecule has 0 aromatic heterocycles.